The largest absolute Gasteiger partial charge is 0.395 e. The third kappa shape index (κ3) is 6.32. The highest BCUT2D eigenvalue weighted by molar-refractivity contribution is 5.97. The van der Waals surface area contributed by atoms with Gasteiger partial charge in [0.1, 0.15) is 0 Å². The van der Waals surface area contributed by atoms with E-state index in [0.717, 1.165) is 38.3 Å². The van der Waals surface area contributed by atoms with Gasteiger partial charge in [-0.25, -0.2) is 0 Å². The van der Waals surface area contributed by atoms with Crippen LogP contribution in [0.5, 0.6) is 0 Å². The van der Waals surface area contributed by atoms with Crippen LogP contribution in [0.25, 0.3) is 0 Å². The van der Waals surface area contributed by atoms with Gasteiger partial charge in [0.25, 0.3) is 0 Å². The molecule has 0 aliphatic carbocycles. The summed E-state index contributed by atoms with van der Waals surface area (Å²) in [4.78, 5) is 16.6. The maximum atomic E-state index is 12.1. The van der Waals surface area contributed by atoms with Crippen molar-refractivity contribution in [3.8, 4) is 0 Å². The van der Waals surface area contributed by atoms with Gasteiger partial charge in [0.15, 0.2) is 5.78 Å². The summed E-state index contributed by atoms with van der Waals surface area (Å²) in [6, 6.07) is 7.76. The van der Waals surface area contributed by atoms with Gasteiger partial charge in [-0.15, -0.1) is 24.8 Å². The third-order valence-electron chi connectivity index (χ3n) is 3.62. The van der Waals surface area contributed by atoms with Gasteiger partial charge in [0, 0.05) is 38.3 Å². The molecule has 1 saturated heterocycles. The van der Waals surface area contributed by atoms with Crippen molar-refractivity contribution >= 4 is 30.6 Å². The first kappa shape index (κ1) is 20.3. The zero-order chi connectivity index (χ0) is 13.7. The minimum absolute atomic E-state index is 0. The summed E-state index contributed by atoms with van der Waals surface area (Å²) >= 11 is 0. The Kier molecular flexibility index (Phi) is 9.83. The van der Waals surface area contributed by atoms with Gasteiger partial charge in [-0.05, 0) is 6.92 Å². The monoisotopic (exact) mass is 334 g/mol. The number of halogens is 2. The number of aryl methyl sites for hydroxylation is 1. The van der Waals surface area contributed by atoms with Crippen molar-refractivity contribution in [1.82, 2.24) is 9.80 Å². The van der Waals surface area contributed by atoms with Crippen molar-refractivity contribution in [3.63, 3.8) is 0 Å². The van der Waals surface area contributed by atoms with Gasteiger partial charge in [-0.3, -0.25) is 14.6 Å². The first-order valence-corrected chi connectivity index (χ1v) is 6.84. The molecule has 0 saturated carbocycles. The molecule has 6 heteroatoms. The predicted molar refractivity (Wildman–Crippen MR) is 90.0 cm³/mol. The fraction of sp³-hybridized carbons (Fsp3) is 0.533. The molecule has 1 aliphatic rings. The topological polar surface area (TPSA) is 43.8 Å². The maximum Gasteiger partial charge on any atom is 0.176 e. The number of hydrogen-bond acceptors (Lipinski definition) is 4. The van der Waals surface area contributed by atoms with Gasteiger partial charge in [0.2, 0.25) is 0 Å². The van der Waals surface area contributed by atoms with Gasteiger partial charge < -0.3 is 5.11 Å². The predicted octanol–water partition coefficient (Wildman–Crippen LogP) is 1.63. The Bertz CT molecular complexity index is 418. The summed E-state index contributed by atoms with van der Waals surface area (Å²) in [5, 5.41) is 8.89. The fourth-order valence-corrected chi connectivity index (χ4v) is 2.35. The number of rotatable bonds is 5. The number of β-amino-alcohol motifs (C(OH)–C–C–N with tert-alkyl or cyclic N) is 1. The molecule has 1 heterocycles. The average molecular weight is 335 g/mol. The second-order valence-corrected chi connectivity index (χ2v) is 5.13. The number of carbonyl (C=O) groups excluding carboxylic acids is 1. The molecule has 0 amide bonds. The van der Waals surface area contributed by atoms with E-state index < -0.39 is 0 Å². The SMILES string of the molecule is Cc1ccc(C(=O)CN2CCN(CCO)CC2)cc1.Cl.Cl. The summed E-state index contributed by atoms with van der Waals surface area (Å²) in [7, 11) is 0. The quantitative estimate of drug-likeness (QED) is 0.831. The van der Waals surface area contributed by atoms with Gasteiger partial charge >= 0.3 is 0 Å². The van der Waals surface area contributed by atoms with E-state index in [-0.39, 0.29) is 37.2 Å². The number of hydrogen-bond donors (Lipinski definition) is 1. The Hall–Kier alpha value is -0.650. The maximum absolute atomic E-state index is 12.1. The van der Waals surface area contributed by atoms with E-state index in [1.165, 1.54) is 5.56 Å². The Balaban J connectivity index is 0.00000200. The lowest BCUT2D eigenvalue weighted by Crippen LogP contribution is -2.48. The molecule has 1 aromatic carbocycles. The molecule has 1 fully saturated rings. The van der Waals surface area contributed by atoms with Crippen LogP contribution in [0.15, 0.2) is 24.3 Å². The van der Waals surface area contributed by atoms with Crippen molar-refractivity contribution in [2.45, 2.75) is 6.92 Å². The van der Waals surface area contributed by atoms with Crippen LogP contribution in [0.1, 0.15) is 15.9 Å². The summed E-state index contributed by atoms with van der Waals surface area (Å²) < 4.78 is 0. The molecule has 0 bridgehead atoms. The number of benzene rings is 1. The van der Waals surface area contributed by atoms with Crippen molar-refractivity contribution in [2.75, 3.05) is 45.9 Å². The molecule has 21 heavy (non-hydrogen) atoms. The van der Waals surface area contributed by atoms with Crippen LogP contribution < -0.4 is 0 Å². The van der Waals surface area contributed by atoms with Crippen LogP contribution in [0.4, 0.5) is 0 Å². The Labute approximate surface area is 138 Å². The Morgan fingerprint density at radius 2 is 1.57 bits per heavy atom. The normalized spacial score (nSPS) is 15.9. The lowest BCUT2D eigenvalue weighted by molar-refractivity contribution is 0.0822. The molecule has 2 rings (SSSR count). The molecule has 0 spiro atoms. The lowest BCUT2D eigenvalue weighted by atomic mass is 10.1. The minimum atomic E-state index is 0. The average Bonchev–Trinajstić information content (AvgIpc) is 2.42. The van der Waals surface area contributed by atoms with E-state index >= 15 is 0 Å². The van der Waals surface area contributed by atoms with Gasteiger partial charge in [-0.2, -0.15) is 0 Å². The zero-order valence-electron chi connectivity index (χ0n) is 12.3. The highest BCUT2D eigenvalue weighted by Crippen LogP contribution is 2.07. The minimum Gasteiger partial charge on any atom is -0.395 e. The molecule has 4 nitrogen and oxygen atoms in total. The Morgan fingerprint density at radius 3 is 2.10 bits per heavy atom. The van der Waals surface area contributed by atoms with Crippen LogP contribution in [0, 0.1) is 6.92 Å². The fourth-order valence-electron chi connectivity index (χ4n) is 2.35. The molecular weight excluding hydrogens is 311 g/mol. The molecule has 0 unspecified atom stereocenters. The van der Waals surface area contributed by atoms with E-state index in [2.05, 4.69) is 9.80 Å². The summed E-state index contributed by atoms with van der Waals surface area (Å²) in [6.45, 7) is 7.13. The highest BCUT2D eigenvalue weighted by atomic mass is 35.5. The van der Waals surface area contributed by atoms with E-state index in [1.807, 2.05) is 31.2 Å². The van der Waals surface area contributed by atoms with Crippen LogP contribution in [-0.4, -0.2) is 66.6 Å². The third-order valence-corrected chi connectivity index (χ3v) is 3.62. The standard InChI is InChI=1S/C15H22N2O2.2ClH/c1-13-2-4-14(5-3-13)15(19)12-17-8-6-16(7-9-17)10-11-18;;/h2-5,18H,6-12H2,1H3;2*1H. The van der Waals surface area contributed by atoms with Crippen LogP contribution in [-0.2, 0) is 0 Å². The van der Waals surface area contributed by atoms with Gasteiger partial charge in [0.05, 0.1) is 13.2 Å². The van der Waals surface area contributed by atoms with E-state index in [1.54, 1.807) is 0 Å². The number of aliphatic hydroxyl groups is 1. The smallest absolute Gasteiger partial charge is 0.176 e. The lowest BCUT2D eigenvalue weighted by Gasteiger charge is -2.33. The summed E-state index contributed by atoms with van der Waals surface area (Å²) in [5.74, 6) is 0.190. The summed E-state index contributed by atoms with van der Waals surface area (Å²) in [6.07, 6.45) is 0. The van der Waals surface area contributed by atoms with Crippen molar-refractivity contribution < 1.29 is 9.90 Å². The van der Waals surface area contributed by atoms with Crippen LogP contribution >= 0.6 is 24.8 Å². The molecule has 0 radical (unpaired) electrons. The number of aliphatic hydroxyl groups excluding tert-OH is 1. The molecule has 120 valence electrons. The second kappa shape index (κ2) is 10.1. The summed E-state index contributed by atoms with van der Waals surface area (Å²) in [5.41, 5.74) is 1.97. The molecular formula is C15H24Cl2N2O2. The first-order valence-electron chi connectivity index (χ1n) is 6.84. The molecule has 0 atom stereocenters. The molecule has 1 aromatic rings. The second-order valence-electron chi connectivity index (χ2n) is 5.13. The first-order chi connectivity index (χ1) is 9.19. The number of ketones is 1. The zero-order valence-corrected chi connectivity index (χ0v) is 14.0. The van der Waals surface area contributed by atoms with Crippen molar-refractivity contribution in [1.29, 1.82) is 0 Å². The number of piperazine rings is 1. The van der Waals surface area contributed by atoms with Crippen molar-refractivity contribution in [2.24, 2.45) is 0 Å². The molecule has 0 aromatic heterocycles. The number of carbonyl (C=O) groups is 1. The van der Waals surface area contributed by atoms with E-state index in [0.29, 0.717) is 6.54 Å². The van der Waals surface area contributed by atoms with Crippen LogP contribution in [0.3, 0.4) is 0 Å². The molecule has 1 N–H and O–H groups in total. The van der Waals surface area contributed by atoms with E-state index in [4.69, 9.17) is 5.11 Å². The highest BCUT2D eigenvalue weighted by Gasteiger charge is 2.18. The number of Topliss-reactive ketones (excluding diaryl/α,β-unsaturated/α-hetero) is 1. The Morgan fingerprint density at radius 1 is 1.05 bits per heavy atom. The van der Waals surface area contributed by atoms with Crippen molar-refractivity contribution in [3.05, 3.63) is 35.4 Å². The number of nitrogens with zero attached hydrogens (tertiary/aromatic N) is 2. The van der Waals surface area contributed by atoms with Crippen LogP contribution in [0.2, 0.25) is 0 Å². The van der Waals surface area contributed by atoms with Gasteiger partial charge in [-0.1, -0.05) is 29.8 Å². The molecule has 1 aliphatic heterocycles. The van der Waals surface area contributed by atoms with E-state index in [9.17, 15) is 4.79 Å².